The van der Waals surface area contributed by atoms with Crippen LogP contribution in [0, 0.1) is 5.41 Å². The van der Waals surface area contributed by atoms with Crippen LogP contribution in [-0.4, -0.2) is 48.3 Å². The molecule has 1 atom stereocenters. The third kappa shape index (κ3) is 3.67. The van der Waals surface area contributed by atoms with Gasteiger partial charge in [-0.25, -0.2) is 0 Å². The normalized spacial score (nSPS) is 32.3. The zero-order valence-electron chi connectivity index (χ0n) is 11.4. The molecule has 1 heterocycles. The van der Waals surface area contributed by atoms with E-state index in [1.54, 1.807) is 0 Å². The minimum Gasteiger partial charge on any atom is -0.395 e. The molecule has 0 radical (unpaired) electrons. The van der Waals surface area contributed by atoms with Gasteiger partial charge in [-0.15, -0.1) is 0 Å². The van der Waals surface area contributed by atoms with Crippen LogP contribution in [0.5, 0.6) is 0 Å². The van der Waals surface area contributed by atoms with Gasteiger partial charge in [0.15, 0.2) is 0 Å². The van der Waals surface area contributed by atoms with Gasteiger partial charge in [0.05, 0.1) is 6.61 Å². The highest BCUT2D eigenvalue weighted by Gasteiger charge is 2.32. The van der Waals surface area contributed by atoms with Crippen molar-refractivity contribution in [1.82, 2.24) is 10.2 Å². The van der Waals surface area contributed by atoms with Crippen LogP contribution in [0.4, 0.5) is 0 Å². The van der Waals surface area contributed by atoms with Crippen LogP contribution in [0.2, 0.25) is 0 Å². The Kier molecular flexibility index (Phi) is 4.45. The number of nitrogens with zero attached hydrogens (tertiary/aromatic N) is 1. The molecule has 1 aliphatic heterocycles. The molecule has 0 aromatic heterocycles. The summed E-state index contributed by atoms with van der Waals surface area (Å²) >= 11 is 0. The summed E-state index contributed by atoms with van der Waals surface area (Å²) in [4.78, 5) is 2.64. The van der Waals surface area contributed by atoms with E-state index < -0.39 is 0 Å². The average molecular weight is 240 g/mol. The minimum absolute atomic E-state index is 0.263. The quantitative estimate of drug-likeness (QED) is 0.770. The van der Waals surface area contributed by atoms with Crippen LogP contribution in [0.25, 0.3) is 0 Å². The number of nitrogens with one attached hydrogen (secondary N) is 1. The topological polar surface area (TPSA) is 35.5 Å². The first-order valence-electron chi connectivity index (χ1n) is 7.19. The number of aliphatic hydroxyl groups excluding tert-OH is 1. The number of rotatable bonds is 2. The Morgan fingerprint density at radius 2 is 1.94 bits per heavy atom. The van der Waals surface area contributed by atoms with E-state index in [2.05, 4.69) is 24.1 Å². The molecule has 2 aliphatic rings. The second-order valence-corrected chi connectivity index (χ2v) is 6.65. The number of hydrogen-bond donors (Lipinski definition) is 2. The predicted octanol–water partition coefficient (Wildman–Crippen LogP) is 1.61. The van der Waals surface area contributed by atoms with Crippen LogP contribution >= 0.6 is 0 Å². The van der Waals surface area contributed by atoms with Gasteiger partial charge in [0.25, 0.3) is 0 Å². The van der Waals surface area contributed by atoms with Crippen molar-refractivity contribution >= 4 is 0 Å². The van der Waals surface area contributed by atoms with E-state index in [4.69, 9.17) is 0 Å². The van der Waals surface area contributed by atoms with Crippen molar-refractivity contribution in [3.63, 3.8) is 0 Å². The molecule has 3 nitrogen and oxygen atoms in total. The summed E-state index contributed by atoms with van der Waals surface area (Å²) < 4.78 is 0. The Labute approximate surface area is 106 Å². The molecule has 1 aliphatic carbocycles. The van der Waals surface area contributed by atoms with Crippen LogP contribution in [0.3, 0.4) is 0 Å². The molecule has 0 bridgehead atoms. The van der Waals surface area contributed by atoms with Gasteiger partial charge in [0, 0.05) is 31.7 Å². The van der Waals surface area contributed by atoms with Gasteiger partial charge in [-0.2, -0.15) is 0 Å². The molecule has 2 N–H and O–H groups in total. The molecule has 0 amide bonds. The Morgan fingerprint density at radius 3 is 2.59 bits per heavy atom. The van der Waals surface area contributed by atoms with Crippen LogP contribution in [0.15, 0.2) is 0 Å². The van der Waals surface area contributed by atoms with Crippen molar-refractivity contribution in [2.45, 2.75) is 58.0 Å². The van der Waals surface area contributed by atoms with Gasteiger partial charge >= 0.3 is 0 Å². The lowest BCUT2D eigenvalue weighted by molar-refractivity contribution is 0.110. The predicted molar refractivity (Wildman–Crippen MR) is 71.1 cm³/mol. The highest BCUT2D eigenvalue weighted by atomic mass is 16.3. The van der Waals surface area contributed by atoms with E-state index in [1.165, 1.54) is 38.6 Å². The second kappa shape index (κ2) is 5.68. The maximum atomic E-state index is 9.41. The first-order valence-corrected chi connectivity index (χ1v) is 7.19. The van der Waals surface area contributed by atoms with E-state index in [9.17, 15) is 5.11 Å². The molecule has 2 rings (SSSR count). The van der Waals surface area contributed by atoms with Gasteiger partial charge in [0.1, 0.15) is 0 Å². The Hall–Kier alpha value is -0.120. The molecular weight excluding hydrogens is 212 g/mol. The standard InChI is InChI=1S/C14H28N2O/c1-14(2)10-15-12(9-17)8-16(11-14)13-6-4-3-5-7-13/h12-13,15,17H,3-11H2,1-2H3. The number of hydrogen-bond acceptors (Lipinski definition) is 3. The fraction of sp³-hybridized carbons (Fsp3) is 1.00. The molecule has 0 aromatic rings. The monoisotopic (exact) mass is 240 g/mol. The zero-order chi connectivity index (χ0) is 12.3. The van der Waals surface area contributed by atoms with Gasteiger partial charge < -0.3 is 10.4 Å². The zero-order valence-corrected chi connectivity index (χ0v) is 11.4. The third-order valence-corrected chi connectivity index (χ3v) is 4.27. The van der Waals surface area contributed by atoms with E-state index in [0.29, 0.717) is 5.41 Å². The SMILES string of the molecule is CC1(C)CNC(CO)CN(C2CCCCC2)C1. The third-order valence-electron chi connectivity index (χ3n) is 4.27. The minimum atomic E-state index is 0.263. The molecule has 0 aromatic carbocycles. The lowest BCUT2D eigenvalue weighted by Crippen LogP contribution is -2.45. The van der Waals surface area contributed by atoms with Crippen LogP contribution in [-0.2, 0) is 0 Å². The fourth-order valence-corrected chi connectivity index (χ4v) is 3.29. The average Bonchev–Trinajstić information content (AvgIpc) is 2.49. The van der Waals surface area contributed by atoms with Crippen molar-refractivity contribution < 1.29 is 5.11 Å². The summed E-state index contributed by atoms with van der Waals surface area (Å²) in [6.45, 7) is 8.12. The number of aliphatic hydroxyl groups is 1. The molecule has 1 saturated heterocycles. The first kappa shape index (κ1) is 13.3. The van der Waals surface area contributed by atoms with Gasteiger partial charge in [-0.3, -0.25) is 4.90 Å². The first-order chi connectivity index (χ1) is 8.11. The highest BCUT2D eigenvalue weighted by Crippen LogP contribution is 2.27. The summed E-state index contributed by atoms with van der Waals surface area (Å²) in [6.07, 6.45) is 6.90. The van der Waals surface area contributed by atoms with E-state index in [-0.39, 0.29) is 12.6 Å². The molecule has 17 heavy (non-hydrogen) atoms. The maximum Gasteiger partial charge on any atom is 0.0597 e. The molecule has 3 heteroatoms. The second-order valence-electron chi connectivity index (χ2n) is 6.65. The highest BCUT2D eigenvalue weighted by molar-refractivity contribution is 4.89. The Morgan fingerprint density at radius 1 is 1.24 bits per heavy atom. The lowest BCUT2D eigenvalue weighted by atomic mass is 9.89. The molecule has 1 unspecified atom stereocenters. The fourth-order valence-electron chi connectivity index (χ4n) is 3.29. The van der Waals surface area contributed by atoms with Crippen molar-refractivity contribution in [1.29, 1.82) is 0 Å². The van der Waals surface area contributed by atoms with Gasteiger partial charge in [0.2, 0.25) is 0 Å². The smallest absolute Gasteiger partial charge is 0.0597 e. The van der Waals surface area contributed by atoms with E-state index >= 15 is 0 Å². The van der Waals surface area contributed by atoms with E-state index in [1.807, 2.05) is 0 Å². The van der Waals surface area contributed by atoms with Crippen molar-refractivity contribution in [2.75, 3.05) is 26.2 Å². The summed E-state index contributed by atoms with van der Waals surface area (Å²) in [5.74, 6) is 0. The van der Waals surface area contributed by atoms with Crippen molar-refractivity contribution in [3.05, 3.63) is 0 Å². The van der Waals surface area contributed by atoms with Crippen molar-refractivity contribution in [3.8, 4) is 0 Å². The molecule has 1 saturated carbocycles. The van der Waals surface area contributed by atoms with Gasteiger partial charge in [-0.1, -0.05) is 33.1 Å². The maximum absolute atomic E-state index is 9.41. The van der Waals surface area contributed by atoms with Crippen LogP contribution < -0.4 is 5.32 Å². The summed E-state index contributed by atoms with van der Waals surface area (Å²) in [5, 5.41) is 12.9. The molecule has 100 valence electrons. The van der Waals surface area contributed by atoms with Gasteiger partial charge in [-0.05, 0) is 18.3 Å². The summed E-state index contributed by atoms with van der Waals surface area (Å²) in [7, 11) is 0. The molecular formula is C14H28N2O. The summed E-state index contributed by atoms with van der Waals surface area (Å²) in [5.41, 5.74) is 0.321. The largest absolute Gasteiger partial charge is 0.395 e. The van der Waals surface area contributed by atoms with Crippen LogP contribution in [0.1, 0.15) is 46.0 Å². The molecule has 2 fully saturated rings. The Bertz CT molecular complexity index is 236. The Balaban J connectivity index is 2.01. The lowest BCUT2D eigenvalue weighted by Gasteiger charge is -2.37. The molecule has 0 spiro atoms. The van der Waals surface area contributed by atoms with Crippen molar-refractivity contribution in [2.24, 2.45) is 5.41 Å². The van der Waals surface area contributed by atoms with E-state index in [0.717, 1.165) is 19.1 Å². The summed E-state index contributed by atoms with van der Waals surface area (Å²) in [6, 6.07) is 1.02.